The summed E-state index contributed by atoms with van der Waals surface area (Å²) in [6, 6.07) is 7.56. The molecule has 0 aliphatic heterocycles. The highest BCUT2D eigenvalue weighted by molar-refractivity contribution is 5.91. The number of rotatable bonds is 8. The van der Waals surface area contributed by atoms with E-state index in [0.29, 0.717) is 41.4 Å². The Morgan fingerprint density at radius 1 is 1.14 bits per heavy atom. The molecule has 1 saturated carbocycles. The lowest BCUT2D eigenvalue weighted by Gasteiger charge is -2.20. The van der Waals surface area contributed by atoms with Gasteiger partial charge in [-0.1, -0.05) is 6.92 Å². The molecule has 150 valence electrons. The Morgan fingerprint density at radius 2 is 1.86 bits per heavy atom. The summed E-state index contributed by atoms with van der Waals surface area (Å²) in [7, 11) is 6.43. The smallest absolute Gasteiger partial charge is 0.246 e. The van der Waals surface area contributed by atoms with E-state index >= 15 is 0 Å². The third-order valence-electron chi connectivity index (χ3n) is 5.08. The van der Waals surface area contributed by atoms with Crippen molar-refractivity contribution < 1.29 is 23.4 Å². The van der Waals surface area contributed by atoms with E-state index in [1.807, 2.05) is 18.2 Å². The van der Waals surface area contributed by atoms with Gasteiger partial charge in [-0.2, -0.15) is 0 Å². The Morgan fingerprint density at radius 3 is 2.46 bits per heavy atom. The Bertz CT molecular complexity index is 870. The molecular weight excluding hydrogens is 358 g/mol. The molecule has 2 unspecified atom stereocenters. The van der Waals surface area contributed by atoms with E-state index in [1.165, 1.54) is 12.5 Å². The predicted molar refractivity (Wildman–Crippen MR) is 107 cm³/mol. The first kappa shape index (κ1) is 19.9. The fourth-order valence-corrected chi connectivity index (χ4v) is 3.28. The van der Waals surface area contributed by atoms with Crippen LogP contribution in [0.4, 0.5) is 0 Å². The van der Waals surface area contributed by atoms with Gasteiger partial charge in [0, 0.05) is 31.1 Å². The number of methoxy groups -OCH3 is 3. The van der Waals surface area contributed by atoms with Crippen LogP contribution in [-0.4, -0.2) is 39.2 Å². The van der Waals surface area contributed by atoms with Gasteiger partial charge in [-0.05, 0) is 42.7 Å². The van der Waals surface area contributed by atoms with E-state index in [9.17, 15) is 4.79 Å². The van der Waals surface area contributed by atoms with Gasteiger partial charge in [0.15, 0.2) is 11.5 Å². The lowest BCUT2D eigenvalue weighted by molar-refractivity contribution is -0.125. The van der Waals surface area contributed by atoms with Crippen molar-refractivity contribution >= 4 is 12.0 Å². The minimum atomic E-state index is -0.130. The molecule has 0 N–H and O–H groups in total. The van der Waals surface area contributed by atoms with Crippen molar-refractivity contribution in [1.82, 2.24) is 4.90 Å². The minimum absolute atomic E-state index is 0.130. The lowest BCUT2D eigenvalue weighted by atomic mass is 10.1. The molecule has 1 heterocycles. The van der Waals surface area contributed by atoms with Gasteiger partial charge in [0.05, 0.1) is 21.3 Å². The number of hydrogen-bond donors (Lipinski definition) is 0. The zero-order chi connectivity index (χ0) is 20.3. The summed E-state index contributed by atoms with van der Waals surface area (Å²) >= 11 is 0. The third-order valence-corrected chi connectivity index (χ3v) is 5.08. The molecule has 1 amide bonds. The molecule has 1 aliphatic rings. The zero-order valence-electron chi connectivity index (χ0n) is 17.0. The van der Waals surface area contributed by atoms with E-state index in [1.54, 1.807) is 45.4 Å². The van der Waals surface area contributed by atoms with Crippen molar-refractivity contribution in [2.45, 2.75) is 25.8 Å². The summed E-state index contributed by atoms with van der Waals surface area (Å²) in [5, 5.41) is 0. The lowest BCUT2D eigenvalue weighted by Crippen LogP contribution is -2.24. The van der Waals surface area contributed by atoms with Crippen molar-refractivity contribution in [1.29, 1.82) is 0 Å². The van der Waals surface area contributed by atoms with Crippen LogP contribution in [0, 0.1) is 5.92 Å². The maximum absolute atomic E-state index is 12.5. The first-order valence-corrected chi connectivity index (χ1v) is 9.29. The maximum atomic E-state index is 12.5. The molecular formula is C22H27NO5. The number of hydrogen-bond acceptors (Lipinski definition) is 5. The van der Waals surface area contributed by atoms with Crippen molar-refractivity contribution in [3.8, 4) is 17.2 Å². The standard InChI is InChI=1S/C22H27NO5/c1-14-12-17(14)18-10-7-16(28-18)8-11-20(24)23(2)13-15-6-9-19(25-3)22(27-5)21(15)26-4/h6-11,14,17H,12-13H2,1-5H3. The van der Waals surface area contributed by atoms with Crippen LogP contribution in [0.15, 0.2) is 34.8 Å². The molecule has 0 radical (unpaired) electrons. The molecule has 2 atom stereocenters. The highest BCUT2D eigenvalue weighted by Gasteiger charge is 2.36. The molecule has 3 rings (SSSR count). The Labute approximate surface area is 165 Å². The number of benzene rings is 1. The Kier molecular flexibility index (Phi) is 5.97. The van der Waals surface area contributed by atoms with Gasteiger partial charge in [0.1, 0.15) is 11.5 Å². The molecule has 0 saturated heterocycles. The van der Waals surface area contributed by atoms with Crippen LogP contribution in [-0.2, 0) is 11.3 Å². The molecule has 1 aromatic carbocycles. The summed E-state index contributed by atoms with van der Waals surface area (Å²) in [6.45, 7) is 2.58. The van der Waals surface area contributed by atoms with Crippen LogP contribution in [0.3, 0.4) is 0 Å². The number of nitrogens with zero attached hydrogens (tertiary/aromatic N) is 1. The molecule has 2 aromatic rings. The highest BCUT2D eigenvalue weighted by atomic mass is 16.5. The van der Waals surface area contributed by atoms with E-state index in [-0.39, 0.29) is 5.91 Å². The molecule has 6 nitrogen and oxygen atoms in total. The van der Waals surface area contributed by atoms with E-state index in [0.717, 1.165) is 11.3 Å². The van der Waals surface area contributed by atoms with Gasteiger partial charge in [0.2, 0.25) is 11.7 Å². The first-order chi connectivity index (χ1) is 13.5. The predicted octanol–water partition coefficient (Wildman–Crippen LogP) is 4.10. The second-order valence-corrected chi connectivity index (χ2v) is 7.08. The number of carbonyl (C=O) groups is 1. The SMILES string of the molecule is COc1ccc(CN(C)C(=O)C=Cc2ccc(C3CC3C)o2)c(OC)c1OC. The normalized spacial score (nSPS) is 18.2. The second kappa shape index (κ2) is 8.42. The summed E-state index contributed by atoms with van der Waals surface area (Å²) in [4.78, 5) is 14.1. The Hall–Kier alpha value is -2.89. The molecule has 0 bridgehead atoms. The number of furan rings is 1. The van der Waals surface area contributed by atoms with Gasteiger partial charge in [0.25, 0.3) is 0 Å². The van der Waals surface area contributed by atoms with Crippen LogP contribution in [0.1, 0.15) is 36.3 Å². The summed E-state index contributed by atoms with van der Waals surface area (Å²) in [6.07, 6.45) is 4.40. The van der Waals surface area contributed by atoms with Crippen LogP contribution < -0.4 is 14.2 Å². The summed E-state index contributed by atoms with van der Waals surface area (Å²) < 4.78 is 22.0. The van der Waals surface area contributed by atoms with E-state index < -0.39 is 0 Å². The zero-order valence-corrected chi connectivity index (χ0v) is 17.0. The van der Waals surface area contributed by atoms with Crippen LogP contribution in [0.25, 0.3) is 6.08 Å². The molecule has 1 aromatic heterocycles. The highest BCUT2D eigenvalue weighted by Crippen LogP contribution is 2.47. The van der Waals surface area contributed by atoms with Crippen LogP contribution in [0.2, 0.25) is 0 Å². The van der Waals surface area contributed by atoms with E-state index in [2.05, 4.69) is 6.92 Å². The third kappa shape index (κ3) is 4.16. The first-order valence-electron chi connectivity index (χ1n) is 9.29. The monoisotopic (exact) mass is 385 g/mol. The van der Waals surface area contributed by atoms with Gasteiger partial charge < -0.3 is 23.5 Å². The maximum Gasteiger partial charge on any atom is 0.246 e. The van der Waals surface area contributed by atoms with Crippen molar-refractivity contribution in [2.24, 2.45) is 5.92 Å². The summed E-state index contributed by atoms with van der Waals surface area (Å²) in [5.74, 6) is 4.42. The van der Waals surface area contributed by atoms with Crippen molar-refractivity contribution in [3.63, 3.8) is 0 Å². The van der Waals surface area contributed by atoms with Gasteiger partial charge in [-0.3, -0.25) is 4.79 Å². The topological polar surface area (TPSA) is 61.1 Å². The molecule has 1 aliphatic carbocycles. The molecule has 28 heavy (non-hydrogen) atoms. The van der Waals surface area contributed by atoms with E-state index in [4.69, 9.17) is 18.6 Å². The largest absolute Gasteiger partial charge is 0.493 e. The van der Waals surface area contributed by atoms with Gasteiger partial charge in [-0.25, -0.2) is 0 Å². The number of amides is 1. The van der Waals surface area contributed by atoms with Crippen LogP contribution >= 0.6 is 0 Å². The van der Waals surface area contributed by atoms with Crippen molar-refractivity contribution in [3.05, 3.63) is 47.4 Å². The average molecular weight is 385 g/mol. The fourth-order valence-electron chi connectivity index (χ4n) is 3.28. The summed E-state index contributed by atoms with van der Waals surface area (Å²) in [5.41, 5.74) is 0.826. The number of likely N-dealkylation sites (N-methyl/N-ethyl adjacent to an activating group) is 1. The minimum Gasteiger partial charge on any atom is -0.493 e. The molecule has 0 spiro atoms. The molecule has 1 fully saturated rings. The number of ether oxygens (including phenoxy) is 3. The Balaban J connectivity index is 1.68. The fraction of sp³-hybridized carbons (Fsp3) is 0.409. The van der Waals surface area contributed by atoms with Gasteiger partial charge >= 0.3 is 0 Å². The van der Waals surface area contributed by atoms with Crippen molar-refractivity contribution in [2.75, 3.05) is 28.4 Å². The quantitative estimate of drug-likeness (QED) is 0.640. The molecule has 6 heteroatoms. The average Bonchev–Trinajstić information content (AvgIpc) is 3.25. The van der Waals surface area contributed by atoms with Gasteiger partial charge in [-0.15, -0.1) is 0 Å². The number of carbonyl (C=O) groups excluding carboxylic acids is 1. The second-order valence-electron chi connectivity index (χ2n) is 7.08. The van der Waals surface area contributed by atoms with Crippen LogP contribution in [0.5, 0.6) is 17.2 Å².